The van der Waals surface area contributed by atoms with E-state index in [4.69, 9.17) is 16.3 Å². The summed E-state index contributed by atoms with van der Waals surface area (Å²) in [5.74, 6) is 0.0666. The minimum absolute atomic E-state index is 0.0207. The average molecular weight is 402 g/mol. The highest BCUT2D eigenvalue weighted by Gasteiger charge is 2.08. The van der Waals surface area contributed by atoms with Crippen LogP contribution < -0.4 is 15.5 Å². The lowest BCUT2D eigenvalue weighted by molar-refractivity contribution is -0.124. The van der Waals surface area contributed by atoms with Crippen molar-refractivity contribution in [2.24, 2.45) is 5.10 Å². The van der Waals surface area contributed by atoms with Gasteiger partial charge in [0, 0.05) is 29.1 Å². The maximum Gasteiger partial charge on any atom is 0.240 e. The molecule has 28 heavy (non-hydrogen) atoms. The topological polar surface area (TPSA) is 79.8 Å². The molecule has 0 bridgehead atoms. The molecule has 0 heterocycles. The molecule has 2 rings (SSSR count). The van der Waals surface area contributed by atoms with Crippen LogP contribution in [-0.4, -0.2) is 24.1 Å². The molecular weight excluding hydrogens is 378 g/mol. The van der Waals surface area contributed by atoms with Crippen LogP contribution in [0.3, 0.4) is 0 Å². The van der Waals surface area contributed by atoms with Crippen molar-refractivity contribution in [3.05, 3.63) is 58.6 Å². The van der Waals surface area contributed by atoms with E-state index in [0.29, 0.717) is 16.5 Å². The van der Waals surface area contributed by atoms with Gasteiger partial charge in [-0.25, -0.2) is 5.43 Å². The number of hydrogen-bond donors (Lipinski definition) is 2. The molecule has 0 atom stereocenters. The number of rotatable bonds is 8. The Hall–Kier alpha value is -2.86. The minimum Gasteiger partial charge on any atom is -0.490 e. The number of aryl methyl sites for hydroxylation is 1. The van der Waals surface area contributed by atoms with E-state index in [1.165, 1.54) is 6.21 Å². The van der Waals surface area contributed by atoms with Gasteiger partial charge in [-0.1, -0.05) is 29.8 Å². The van der Waals surface area contributed by atoms with Crippen LogP contribution in [0.25, 0.3) is 0 Å². The minimum atomic E-state index is -0.351. The third-order valence-corrected chi connectivity index (χ3v) is 4.12. The normalized spacial score (nSPS) is 10.9. The molecule has 0 unspecified atom stereocenters. The van der Waals surface area contributed by atoms with Gasteiger partial charge in [0.2, 0.25) is 11.8 Å². The Morgan fingerprint density at radius 1 is 1.14 bits per heavy atom. The standard InChI is InChI=1S/C21H24ClN3O3/c1-14(2)28-19-7-5-4-6-16(19)13-23-25-21(27)11-10-20(26)24-17-9-8-15(3)18(22)12-17/h4-9,12-14H,10-11H2,1-3H3,(H,24,26)(H,25,27). The maximum absolute atomic E-state index is 12.0. The zero-order chi connectivity index (χ0) is 20.5. The van der Waals surface area contributed by atoms with Gasteiger partial charge in [-0.15, -0.1) is 0 Å². The number of anilines is 1. The van der Waals surface area contributed by atoms with Crippen LogP contribution in [0.15, 0.2) is 47.6 Å². The molecule has 0 radical (unpaired) electrons. The molecule has 7 heteroatoms. The van der Waals surface area contributed by atoms with Crippen LogP contribution >= 0.6 is 11.6 Å². The van der Waals surface area contributed by atoms with Crippen LogP contribution in [0.5, 0.6) is 5.75 Å². The first-order valence-corrected chi connectivity index (χ1v) is 9.36. The van der Waals surface area contributed by atoms with E-state index < -0.39 is 0 Å². The highest BCUT2D eigenvalue weighted by atomic mass is 35.5. The maximum atomic E-state index is 12.0. The van der Waals surface area contributed by atoms with Gasteiger partial charge in [-0.2, -0.15) is 5.10 Å². The fraction of sp³-hybridized carbons (Fsp3) is 0.286. The lowest BCUT2D eigenvalue weighted by Crippen LogP contribution is -2.20. The van der Waals surface area contributed by atoms with Crippen LogP contribution in [-0.2, 0) is 9.59 Å². The summed E-state index contributed by atoms with van der Waals surface area (Å²) >= 11 is 6.03. The third kappa shape index (κ3) is 7.04. The molecule has 6 nitrogen and oxygen atoms in total. The molecule has 0 spiro atoms. The summed E-state index contributed by atoms with van der Waals surface area (Å²) in [4.78, 5) is 23.9. The van der Waals surface area contributed by atoms with Gasteiger partial charge in [-0.3, -0.25) is 9.59 Å². The van der Waals surface area contributed by atoms with Gasteiger partial charge in [-0.05, 0) is 50.6 Å². The molecule has 0 fully saturated rings. The van der Waals surface area contributed by atoms with E-state index in [1.54, 1.807) is 12.1 Å². The highest BCUT2D eigenvalue weighted by Crippen LogP contribution is 2.20. The molecule has 0 aliphatic rings. The summed E-state index contributed by atoms with van der Waals surface area (Å²) in [7, 11) is 0. The molecule has 0 aliphatic heterocycles. The summed E-state index contributed by atoms with van der Waals surface area (Å²) in [6.07, 6.45) is 1.61. The predicted molar refractivity (Wildman–Crippen MR) is 112 cm³/mol. The van der Waals surface area contributed by atoms with E-state index >= 15 is 0 Å². The second-order valence-electron chi connectivity index (χ2n) is 6.51. The van der Waals surface area contributed by atoms with Crippen LogP contribution in [0, 0.1) is 6.92 Å². The average Bonchev–Trinajstić information content (AvgIpc) is 2.64. The van der Waals surface area contributed by atoms with Crippen molar-refractivity contribution < 1.29 is 14.3 Å². The van der Waals surface area contributed by atoms with Gasteiger partial charge < -0.3 is 10.1 Å². The SMILES string of the molecule is Cc1ccc(NC(=O)CCC(=O)NN=Cc2ccccc2OC(C)C)cc1Cl. The third-order valence-electron chi connectivity index (χ3n) is 3.71. The summed E-state index contributed by atoms with van der Waals surface area (Å²) in [6.45, 7) is 5.75. The molecule has 0 aliphatic carbocycles. The van der Waals surface area contributed by atoms with Crippen LogP contribution in [0.4, 0.5) is 5.69 Å². The predicted octanol–water partition coefficient (Wildman–Crippen LogP) is 4.30. The number of hydrazone groups is 1. The van der Waals surface area contributed by atoms with E-state index in [-0.39, 0.29) is 30.8 Å². The first-order chi connectivity index (χ1) is 13.3. The Balaban J connectivity index is 1.80. The second kappa shape index (κ2) is 10.5. The van der Waals surface area contributed by atoms with E-state index in [2.05, 4.69) is 15.8 Å². The Morgan fingerprint density at radius 2 is 1.86 bits per heavy atom. The van der Waals surface area contributed by atoms with Crippen LogP contribution in [0.2, 0.25) is 5.02 Å². The van der Waals surface area contributed by atoms with Gasteiger partial charge in [0.25, 0.3) is 0 Å². The van der Waals surface area contributed by atoms with Crippen molar-refractivity contribution in [1.29, 1.82) is 0 Å². The number of halogens is 1. The number of amides is 2. The quantitative estimate of drug-likeness (QED) is 0.511. The van der Waals surface area contributed by atoms with E-state index in [0.717, 1.165) is 11.1 Å². The Bertz CT molecular complexity index is 866. The summed E-state index contributed by atoms with van der Waals surface area (Å²) in [5, 5.41) is 7.23. The summed E-state index contributed by atoms with van der Waals surface area (Å²) < 4.78 is 5.69. The summed E-state index contributed by atoms with van der Waals surface area (Å²) in [6, 6.07) is 12.7. The first-order valence-electron chi connectivity index (χ1n) is 8.98. The van der Waals surface area contributed by atoms with Crippen molar-refractivity contribution >= 4 is 35.3 Å². The van der Waals surface area contributed by atoms with Gasteiger partial charge in [0.1, 0.15) is 5.75 Å². The number of para-hydroxylation sites is 1. The fourth-order valence-corrected chi connectivity index (χ4v) is 2.48. The Kier molecular flexibility index (Phi) is 8.02. The fourth-order valence-electron chi connectivity index (χ4n) is 2.30. The lowest BCUT2D eigenvalue weighted by Gasteiger charge is -2.11. The van der Waals surface area contributed by atoms with Crippen molar-refractivity contribution in [3.63, 3.8) is 0 Å². The molecule has 0 saturated heterocycles. The van der Waals surface area contributed by atoms with Crippen molar-refractivity contribution in [1.82, 2.24) is 5.43 Å². The number of benzene rings is 2. The number of hydrogen-bond acceptors (Lipinski definition) is 4. The smallest absolute Gasteiger partial charge is 0.240 e. The number of ether oxygens (including phenoxy) is 1. The van der Waals surface area contributed by atoms with Gasteiger partial charge in [0.05, 0.1) is 12.3 Å². The molecule has 2 aromatic carbocycles. The molecule has 0 saturated carbocycles. The van der Waals surface area contributed by atoms with E-state index in [1.807, 2.05) is 51.1 Å². The zero-order valence-corrected chi connectivity index (χ0v) is 16.9. The number of carbonyl (C=O) groups excluding carboxylic acids is 2. The molecule has 0 aromatic heterocycles. The van der Waals surface area contributed by atoms with E-state index in [9.17, 15) is 9.59 Å². The highest BCUT2D eigenvalue weighted by molar-refractivity contribution is 6.31. The number of nitrogens with zero attached hydrogens (tertiary/aromatic N) is 1. The molecule has 148 valence electrons. The second-order valence-corrected chi connectivity index (χ2v) is 6.92. The molecule has 2 N–H and O–H groups in total. The Labute approximate surface area is 169 Å². The van der Waals surface area contributed by atoms with Crippen molar-refractivity contribution in [2.45, 2.75) is 39.7 Å². The van der Waals surface area contributed by atoms with Crippen LogP contribution in [0.1, 0.15) is 37.8 Å². The van der Waals surface area contributed by atoms with Gasteiger partial charge >= 0.3 is 0 Å². The Morgan fingerprint density at radius 3 is 2.57 bits per heavy atom. The molecule has 2 amide bonds. The first kappa shape index (κ1) is 21.4. The lowest BCUT2D eigenvalue weighted by atomic mass is 10.2. The van der Waals surface area contributed by atoms with Crippen molar-refractivity contribution in [3.8, 4) is 5.75 Å². The zero-order valence-electron chi connectivity index (χ0n) is 16.2. The van der Waals surface area contributed by atoms with Crippen molar-refractivity contribution in [2.75, 3.05) is 5.32 Å². The monoisotopic (exact) mass is 401 g/mol. The summed E-state index contributed by atoms with van der Waals surface area (Å²) in [5.41, 5.74) is 4.70. The van der Waals surface area contributed by atoms with Gasteiger partial charge in [0.15, 0.2) is 0 Å². The molecule has 2 aromatic rings. The molecular formula is C21H24ClN3O3. The number of nitrogens with one attached hydrogen (secondary N) is 2. The number of carbonyl (C=O) groups is 2. The largest absolute Gasteiger partial charge is 0.490 e.